The maximum Gasteiger partial charge on any atom is 0.323 e. The molecule has 1 aromatic rings. The lowest BCUT2D eigenvalue weighted by molar-refractivity contribution is -0.150. The highest BCUT2D eigenvalue weighted by Crippen LogP contribution is 2.17. The molecule has 0 aliphatic carbocycles. The summed E-state index contributed by atoms with van der Waals surface area (Å²) in [6.45, 7) is 4.83. The molecular formula is C15H21NO4. The molecule has 110 valence electrons. The first-order valence-electron chi connectivity index (χ1n) is 6.97. The minimum atomic E-state index is -0.830. The number of carbonyl (C=O) groups is 1. The summed E-state index contributed by atoms with van der Waals surface area (Å²) in [6, 6.07) is 7.27. The van der Waals surface area contributed by atoms with Crippen LogP contribution in [0.15, 0.2) is 24.3 Å². The molecule has 5 heteroatoms. The average Bonchev–Trinajstić information content (AvgIpc) is 2.46. The van der Waals surface area contributed by atoms with Gasteiger partial charge in [0.25, 0.3) is 0 Å². The van der Waals surface area contributed by atoms with E-state index in [0.717, 1.165) is 17.7 Å². The second-order valence-electron chi connectivity index (χ2n) is 4.90. The Morgan fingerprint density at radius 1 is 1.55 bits per heavy atom. The van der Waals surface area contributed by atoms with Gasteiger partial charge < -0.3 is 14.6 Å². The van der Waals surface area contributed by atoms with Crippen LogP contribution in [-0.4, -0.2) is 48.4 Å². The Morgan fingerprint density at radius 2 is 2.40 bits per heavy atom. The molecule has 1 heterocycles. The molecule has 1 atom stereocenters. The molecule has 1 aliphatic rings. The largest absolute Gasteiger partial charge is 0.494 e. The molecule has 20 heavy (non-hydrogen) atoms. The lowest BCUT2D eigenvalue weighted by atomic mass is 10.1. The number of nitrogens with zero attached hydrogens (tertiary/aromatic N) is 1. The summed E-state index contributed by atoms with van der Waals surface area (Å²) in [7, 11) is 0. The highest BCUT2D eigenvalue weighted by atomic mass is 16.5. The van der Waals surface area contributed by atoms with Crippen LogP contribution in [0.25, 0.3) is 0 Å². The number of aliphatic carboxylic acids is 1. The average molecular weight is 279 g/mol. The van der Waals surface area contributed by atoms with Crippen molar-refractivity contribution in [3.63, 3.8) is 0 Å². The van der Waals surface area contributed by atoms with Crippen molar-refractivity contribution in [2.75, 3.05) is 26.4 Å². The summed E-state index contributed by atoms with van der Waals surface area (Å²) in [4.78, 5) is 13.2. The molecule has 0 radical (unpaired) electrons. The predicted octanol–water partition coefficient (Wildman–Crippen LogP) is 1.76. The summed E-state index contributed by atoms with van der Waals surface area (Å²) in [5.74, 6) is 0.00701. The Bertz CT molecular complexity index is 449. The highest BCUT2D eigenvalue weighted by molar-refractivity contribution is 5.73. The zero-order valence-electron chi connectivity index (χ0n) is 11.7. The van der Waals surface area contributed by atoms with Gasteiger partial charge in [-0.1, -0.05) is 19.1 Å². The van der Waals surface area contributed by atoms with Gasteiger partial charge in [0.1, 0.15) is 11.8 Å². The van der Waals surface area contributed by atoms with Crippen molar-refractivity contribution >= 4 is 5.97 Å². The first-order valence-corrected chi connectivity index (χ1v) is 6.97. The highest BCUT2D eigenvalue weighted by Gasteiger charge is 2.28. The summed E-state index contributed by atoms with van der Waals surface area (Å²) in [5, 5.41) is 9.21. The summed E-state index contributed by atoms with van der Waals surface area (Å²) in [6.07, 6.45) is 0.967. The molecule has 0 bridgehead atoms. The standard InChI is InChI=1S/C15H21NO4/c1-2-7-20-13-5-3-4-12(9-13)10-16-6-8-19-11-14(16)15(17)18/h3-5,9,14H,2,6-8,10-11H2,1H3,(H,17,18). The van der Waals surface area contributed by atoms with Crippen LogP contribution in [0.1, 0.15) is 18.9 Å². The van der Waals surface area contributed by atoms with Crippen molar-refractivity contribution in [2.24, 2.45) is 0 Å². The second kappa shape index (κ2) is 7.26. The summed E-state index contributed by atoms with van der Waals surface area (Å²) < 4.78 is 10.8. The van der Waals surface area contributed by atoms with Gasteiger partial charge in [0.05, 0.1) is 19.8 Å². The van der Waals surface area contributed by atoms with E-state index in [1.807, 2.05) is 29.2 Å². The fourth-order valence-electron chi connectivity index (χ4n) is 2.24. The molecule has 1 aliphatic heterocycles. The normalized spacial score (nSPS) is 19.8. The molecule has 1 unspecified atom stereocenters. The molecular weight excluding hydrogens is 258 g/mol. The van der Waals surface area contributed by atoms with Crippen molar-refractivity contribution in [1.82, 2.24) is 4.90 Å². The van der Waals surface area contributed by atoms with Crippen LogP contribution in [0.3, 0.4) is 0 Å². The van der Waals surface area contributed by atoms with Gasteiger partial charge in [-0.3, -0.25) is 9.69 Å². The van der Waals surface area contributed by atoms with Gasteiger partial charge in [0.15, 0.2) is 0 Å². The smallest absolute Gasteiger partial charge is 0.323 e. The van der Waals surface area contributed by atoms with Crippen LogP contribution in [0.2, 0.25) is 0 Å². The van der Waals surface area contributed by atoms with Gasteiger partial charge in [-0.2, -0.15) is 0 Å². The van der Waals surface area contributed by atoms with Gasteiger partial charge in [0, 0.05) is 13.1 Å². The van der Waals surface area contributed by atoms with Crippen molar-refractivity contribution in [3.8, 4) is 5.75 Å². The molecule has 2 rings (SSSR count). The minimum absolute atomic E-state index is 0.251. The number of ether oxygens (including phenoxy) is 2. The van der Waals surface area contributed by atoms with E-state index in [0.29, 0.717) is 26.3 Å². The van der Waals surface area contributed by atoms with E-state index in [-0.39, 0.29) is 6.61 Å². The van der Waals surface area contributed by atoms with Crippen LogP contribution >= 0.6 is 0 Å². The number of benzene rings is 1. The van der Waals surface area contributed by atoms with Crippen molar-refractivity contribution in [1.29, 1.82) is 0 Å². The molecule has 1 aromatic carbocycles. The molecule has 1 fully saturated rings. The maximum absolute atomic E-state index is 11.2. The van der Waals surface area contributed by atoms with E-state index in [4.69, 9.17) is 9.47 Å². The molecule has 0 spiro atoms. The third kappa shape index (κ3) is 3.95. The Balaban J connectivity index is 2.02. The van der Waals surface area contributed by atoms with E-state index < -0.39 is 12.0 Å². The Hall–Kier alpha value is -1.59. The molecule has 0 saturated carbocycles. The first kappa shape index (κ1) is 14.8. The first-order chi connectivity index (χ1) is 9.70. The lowest BCUT2D eigenvalue weighted by Crippen LogP contribution is -2.49. The summed E-state index contributed by atoms with van der Waals surface area (Å²) >= 11 is 0. The molecule has 1 N–H and O–H groups in total. The van der Waals surface area contributed by atoms with E-state index >= 15 is 0 Å². The predicted molar refractivity (Wildman–Crippen MR) is 74.9 cm³/mol. The van der Waals surface area contributed by atoms with Crippen LogP contribution in [0.4, 0.5) is 0 Å². The van der Waals surface area contributed by atoms with E-state index in [2.05, 4.69) is 6.92 Å². The van der Waals surface area contributed by atoms with Crippen LogP contribution in [0.5, 0.6) is 5.75 Å². The SMILES string of the molecule is CCCOc1cccc(CN2CCOCC2C(=O)O)c1. The zero-order chi connectivity index (χ0) is 14.4. The topological polar surface area (TPSA) is 59.0 Å². The third-order valence-electron chi connectivity index (χ3n) is 3.28. The van der Waals surface area contributed by atoms with Gasteiger partial charge in [-0.25, -0.2) is 0 Å². The van der Waals surface area contributed by atoms with E-state index in [9.17, 15) is 9.90 Å². The Labute approximate surface area is 119 Å². The Kier molecular flexibility index (Phi) is 5.38. The van der Waals surface area contributed by atoms with Gasteiger partial charge in [-0.15, -0.1) is 0 Å². The Morgan fingerprint density at radius 3 is 3.15 bits per heavy atom. The number of carboxylic acids is 1. The molecule has 0 amide bonds. The van der Waals surface area contributed by atoms with E-state index in [1.165, 1.54) is 0 Å². The molecule has 0 aromatic heterocycles. The van der Waals surface area contributed by atoms with Gasteiger partial charge >= 0.3 is 5.97 Å². The fourth-order valence-corrected chi connectivity index (χ4v) is 2.24. The van der Waals surface area contributed by atoms with Crippen molar-refractivity contribution < 1.29 is 19.4 Å². The van der Waals surface area contributed by atoms with Crippen LogP contribution in [-0.2, 0) is 16.1 Å². The number of hydrogen-bond acceptors (Lipinski definition) is 4. The number of rotatable bonds is 6. The van der Waals surface area contributed by atoms with Gasteiger partial charge in [-0.05, 0) is 24.1 Å². The number of carboxylic acid groups (broad SMARTS) is 1. The van der Waals surface area contributed by atoms with Crippen molar-refractivity contribution in [3.05, 3.63) is 29.8 Å². The quantitative estimate of drug-likeness (QED) is 0.860. The van der Waals surface area contributed by atoms with E-state index in [1.54, 1.807) is 0 Å². The van der Waals surface area contributed by atoms with Crippen LogP contribution in [0, 0.1) is 0 Å². The summed E-state index contributed by atoms with van der Waals surface area (Å²) in [5.41, 5.74) is 1.06. The second-order valence-corrected chi connectivity index (χ2v) is 4.90. The maximum atomic E-state index is 11.2. The monoisotopic (exact) mass is 279 g/mol. The number of morpholine rings is 1. The zero-order valence-corrected chi connectivity index (χ0v) is 11.7. The minimum Gasteiger partial charge on any atom is -0.494 e. The number of hydrogen-bond donors (Lipinski definition) is 1. The molecule has 1 saturated heterocycles. The lowest BCUT2D eigenvalue weighted by Gasteiger charge is -2.32. The van der Waals surface area contributed by atoms with Crippen LogP contribution < -0.4 is 4.74 Å². The fraction of sp³-hybridized carbons (Fsp3) is 0.533. The van der Waals surface area contributed by atoms with Crippen molar-refractivity contribution in [2.45, 2.75) is 25.9 Å². The van der Waals surface area contributed by atoms with Gasteiger partial charge in [0.2, 0.25) is 0 Å². The molecule has 5 nitrogen and oxygen atoms in total. The third-order valence-corrected chi connectivity index (χ3v) is 3.28.